The fraction of sp³-hybridized carbons (Fsp3) is 0.357. The van der Waals surface area contributed by atoms with E-state index in [9.17, 15) is 9.18 Å². The number of ether oxygens (including phenoxy) is 1. The second-order valence-electron chi connectivity index (χ2n) is 3.95. The Bertz CT molecular complexity index is 440. The van der Waals surface area contributed by atoms with E-state index in [-0.39, 0.29) is 25.8 Å². The molecule has 6 heteroatoms. The van der Waals surface area contributed by atoms with E-state index in [2.05, 4.69) is 11.9 Å². The maximum atomic E-state index is 12.0. The van der Waals surface area contributed by atoms with Crippen LogP contribution in [-0.4, -0.2) is 49.0 Å². The van der Waals surface area contributed by atoms with Gasteiger partial charge in [0.25, 0.3) is 0 Å². The highest BCUT2D eigenvalue weighted by atomic mass is 19.1. The Hall–Kier alpha value is -2.08. The Balaban J connectivity index is 2.65. The van der Waals surface area contributed by atoms with Crippen molar-refractivity contribution in [3.05, 3.63) is 36.9 Å². The zero-order chi connectivity index (χ0) is 14.8. The van der Waals surface area contributed by atoms with Crippen LogP contribution in [0, 0.1) is 0 Å². The summed E-state index contributed by atoms with van der Waals surface area (Å²) in [6.45, 7) is 3.40. The van der Waals surface area contributed by atoms with Crippen molar-refractivity contribution in [2.24, 2.45) is 0 Å². The van der Waals surface area contributed by atoms with Crippen molar-refractivity contribution >= 4 is 11.7 Å². The van der Waals surface area contributed by atoms with Gasteiger partial charge in [-0.05, 0) is 12.1 Å². The number of urea groups is 1. The summed E-state index contributed by atoms with van der Waals surface area (Å²) in [5.41, 5.74) is 0.540. The largest absolute Gasteiger partial charge is 0.491 e. The second kappa shape index (κ2) is 8.92. The quantitative estimate of drug-likeness (QED) is 0.717. The van der Waals surface area contributed by atoms with Crippen molar-refractivity contribution in [1.29, 1.82) is 0 Å². The molecule has 1 rings (SSSR count). The lowest BCUT2D eigenvalue weighted by Crippen LogP contribution is -2.37. The standard InChI is InChI=1S/C14H19FN2O3/c1-2-7-17(8-9-18)14(19)16-12-4-3-5-13(11-12)20-10-6-15/h2-5,11,18H,1,6-10H2,(H,16,19). The molecule has 0 saturated heterocycles. The summed E-state index contributed by atoms with van der Waals surface area (Å²) >= 11 is 0. The minimum atomic E-state index is -0.569. The number of hydrogen-bond acceptors (Lipinski definition) is 3. The molecule has 1 aromatic rings. The molecule has 0 aromatic heterocycles. The molecule has 0 bridgehead atoms. The normalized spacial score (nSPS) is 9.90. The number of aliphatic hydroxyl groups is 1. The SMILES string of the molecule is C=CCN(CCO)C(=O)Nc1cccc(OCCF)c1. The van der Waals surface area contributed by atoms with E-state index in [1.807, 2.05) is 0 Å². The van der Waals surface area contributed by atoms with Gasteiger partial charge in [-0.1, -0.05) is 12.1 Å². The zero-order valence-electron chi connectivity index (χ0n) is 11.2. The molecule has 2 amide bonds. The summed E-state index contributed by atoms with van der Waals surface area (Å²) in [6, 6.07) is 6.35. The van der Waals surface area contributed by atoms with E-state index < -0.39 is 6.67 Å². The Labute approximate surface area is 117 Å². The van der Waals surface area contributed by atoms with Crippen LogP contribution >= 0.6 is 0 Å². The van der Waals surface area contributed by atoms with Crippen LogP contribution < -0.4 is 10.1 Å². The molecular formula is C14H19FN2O3. The van der Waals surface area contributed by atoms with Crippen molar-refractivity contribution in [2.45, 2.75) is 0 Å². The average molecular weight is 282 g/mol. The minimum absolute atomic E-state index is 0.0233. The Morgan fingerprint density at radius 2 is 2.35 bits per heavy atom. The first kappa shape index (κ1) is 16.0. The van der Waals surface area contributed by atoms with Gasteiger partial charge < -0.3 is 20.1 Å². The van der Waals surface area contributed by atoms with Gasteiger partial charge in [0, 0.05) is 24.8 Å². The molecule has 0 aliphatic rings. The van der Waals surface area contributed by atoms with Gasteiger partial charge in [-0.2, -0.15) is 0 Å². The first-order valence-electron chi connectivity index (χ1n) is 6.27. The van der Waals surface area contributed by atoms with Gasteiger partial charge in [-0.15, -0.1) is 6.58 Å². The van der Waals surface area contributed by atoms with E-state index in [1.165, 1.54) is 4.90 Å². The van der Waals surface area contributed by atoms with E-state index >= 15 is 0 Å². The molecule has 0 radical (unpaired) electrons. The molecular weight excluding hydrogens is 263 g/mol. The van der Waals surface area contributed by atoms with Gasteiger partial charge in [0.1, 0.15) is 19.0 Å². The number of carbonyl (C=O) groups is 1. The number of halogens is 1. The van der Waals surface area contributed by atoms with Crippen molar-refractivity contribution in [2.75, 3.05) is 38.3 Å². The van der Waals surface area contributed by atoms with Crippen LogP contribution in [-0.2, 0) is 0 Å². The average Bonchev–Trinajstić information content (AvgIpc) is 2.45. The molecule has 110 valence electrons. The fourth-order valence-corrected chi connectivity index (χ4v) is 1.57. The molecule has 0 aliphatic carbocycles. The van der Waals surface area contributed by atoms with Gasteiger partial charge >= 0.3 is 6.03 Å². The van der Waals surface area contributed by atoms with Crippen LogP contribution in [0.4, 0.5) is 14.9 Å². The lowest BCUT2D eigenvalue weighted by molar-refractivity contribution is 0.195. The summed E-state index contributed by atoms with van der Waals surface area (Å²) in [4.78, 5) is 13.4. The van der Waals surface area contributed by atoms with E-state index in [1.54, 1.807) is 30.3 Å². The predicted octanol–water partition coefficient (Wildman–Crippen LogP) is 2.05. The Kier molecular flexibility index (Phi) is 7.13. The van der Waals surface area contributed by atoms with Crippen molar-refractivity contribution in [3.63, 3.8) is 0 Å². The molecule has 5 nitrogen and oxygen atoms in total. The van der Waals surface area contributed by atoms with Gasteiger partial charge in [0.05, 0.1) is 6.61 Å². The van der Waals surface area contributed by atoms with Crippen LogP contribution in [0.1, 0.15) is 0 Å². The molecule has 0 atom stereocenters. The van der Waals surface area contributed by atoms with Crippen molar-refractivity contribution < 1.29 is 19.0 Å². The van der Waals surface area contributed by atoms with Gasteiger partial charge in [-0.3, -0.25) is 0 Å². The maximum Gasteiger partial charge on any atom is 0.322 e. The highest BCUT2D eigenvalue weighted by molar-refractivity contribution is 5.89. The minimum Gasteiger partial charge on any atom is -0.491 e. The lowest BCUT2D eigenvalue weighted by Gasteiger charge is -2.20. The second-order valence-corrected chi connectivity index (χ2v) is 3.95. The maximum absolute atomic E-state index is 12.0. The summed E-state index contributed by atoms with van der Waals surface area (Å²) in [5, 5.41) is 11.6. The third-order valence-electron chi connectivity index (χ3n) is 2.44. The Morgan fingerprint density at radius 1 is 1.55 bits per heavy atom. The summed E-state index contributed by atoms with van der Waals surface area (Å²) < 4.78 is 17.2. The number of rotatable bonds is 8. The van der Waals surface area contributed by atoms with E-state index in [4.69, 9.17) is 9.84 Å². The molecule has 2 N–H and O–H groups in total. The van der Waals surface area contributed by atoms with Gasteiger partial charge in [-0.25, -0.2) is 9.18 Å². The number of benzene rings is 1. The fourth-order valence-electron chi connectivity index (χ4n) is 1.57. The van der Waals surface area contributed by atoms with Crippen LogP contribution in [0.15, 0.2) is 36.9 Å². The number of amides is 2. The van der Waals surface area contributed by atoms with Crippen molar-refractivity contribution in [3.8, 4) is 5.75 Å². The first-order chi connectivity index (χ1) is 9.71. The molecule has 20 heavy (non-hydrogen) atoms. The zero-order valence-corrected chi connectivity index (χ0v) is 11.2. The topological polar surface area (TPSA) is 61.8 Å². The smallest absolute Gasteiger partial charge is 0.322 e. The third-order valence-corrected chi connectivity index (χ3v) is 2.44. The van der Waals surface area contributed by atoms with E-state index in [0.29, 0.717) is 18.0 Å². The monoisotopic (exact) mass is 282 g/mol. The number of nitrogens with one attached hydrogen (secondary N) is 1. The third kappa shape index (κ3) is 5.27. The van der Waals surface area contributed by atoms with Crippen LogP contribution in [0.3, 0.4) is 0 Å². The number of anilines is 1. The molecule has 0 fully saturated rings. The van der Waals surface area contributed by atoms with Crippen LogP contribution in [0.2, 0.25) is 0 Å². The molecule has 0 heterocycles. The summed E-state index contributed by atoms with van der Waals surface area (Å²) in [7, 11) is 0. The van der Waals surface area contributed by atoms with Crippen LogP contribution in [0.5, 0.6) is 5.75 Å². The highest BCUT2D eigenvalue weighted by Crippen LogP contribution is 2.17. The van der Waals surface area contributed by atoms with Crippen molar-refractivity contribution in [1.82, 2.24) is 4.90 Å². The molecule has 1 aromatic carbocycles. The number of hydrogen-bond donors (Lipinski definition) is 2. The number of carbonyl (C=O) groups excluding carboxylic acids is 1. The van der Waals surface area contributed by atoms with Gasteiger partial charge in [0.15, 0.2) is 0 Å². The predicted molar refractivity (Wildman–Crippen MR) is 75.8 cm³/mol. The highest BCUT2D eigenvalue weighted by Gasteiger charge is 2.11. The number of nitrogens with zero attached hydrogens (tertiary/aromatic N) is 1. The first-order valence-corrected chi connectivity index (χ1v) is 6.27. The molecule has 0 aliphatic heterocycles. The molecule has 0 saturated carbocycles. The number of alkyl halides is 1. The summed E-state index contributed by atoms with van der Waals surface area (Å²) in [6.07, 6.45) is 1.58. The Morgan fingerprint density at radius 3 is 3.00 bits per heavy atom. The van der Waals surface area contributed by atoms with E-state index in [0.717, 1.165) is 0 Å². The molecule has 0 spiro atoms. The molecule has 0 unspecified atom stereocenters. The number of aliphatic hydroxyl groups excluding tert-OH is 1. The van der Waals surface area contributed by atoms with Crippen LogP contribution in [0.25, 0.3) is 0 Å². The lowest BCUT2D eigenvalue weighted by atomic mass is 10.3. The summed E-state index contributed by atoms with van der Waals surface area (Å²) in [5.74, 6) is 0.484. The van der Waals surface area contributed by atoms with Gasteiger partial charge in [0.2, 0.25) is 0 Å².